The highest BCUT2D eigenvalue weighted by atomic mass is 79.9. The summed E-state index contributed by atoms with van der Waals surface area (Å²) in [6.45, 7) is 2.19. The van der Waals surface area contributed by atoms with Gasteiger partial charge < -0.3 is 15.2 Å². The van der Waals surface area contributed by atoms with Gasteiger partial charge in [0.1, 0.15) is 17.6 Å². The standard InChI is InChI=1S/C25H30BrNO4/c1-2-5-17-8-12-19(13-9-17)24(28)27-22(25(29)30)16-18-10-14-20(15-11-18)31-23-7-4-3-6-21(23)26/h3-4,6-7,10-11,14,16-17,19-20H,2,5,8-9,12-13,15H2,1H3,(H,27,28)(H,29,30)/b22-16-. The van der Waals surface area contributed by atoms with E-state index in [0.29, 0.717) is 12.3 Å². The molecule has 0 spiro atoms. The number of carbonyl (C=O) groups is 2. The SMILES string of the molecule is CCCC1CCC(C(=O)N/C(=C\C2=CCC(Oc3ccccc3Br)C=C2)C(=O)O)CC1. The second-order valence-corrected chi connectivity index (χ2v) is 9.10. The van der Waals surface area contributed by atoms with Crippen LogP contribution in [0.2, 0.25) is 0 Å². The van der Waals surface area contributed by atoms with Gasteiger partial charge in [0.2, 0.25) is 5.91 Å². The zero-order chi connectivity index (χ0) is 22.2. The number of carbonyl (C=O) groups excluding carboxylic acids is 1. The summed E-state index contributed by atoms with van der Waals surface area (Å²) in [5.74, 6) is 0.0475. The van der Waals surface area contributed by atoms with Crippen molar-refractivity contribution in [3.63, 3.8) is 0 Å². The molecule has 166 valence electrons. The molecule has 0 aromatic heterocycles. The van der Waals surface area contributed by atoms with Crippen LogP contribution in [-0.2, 0) is 9.59 Å². The zero-order valence-electron chi connectivity index (χ0n) is 17.9. The topological polar surface area (TPSA) is 75.6 Å². The van der Waals surface area contributed by atoms with Gasteiger partial charge in [-0.25, -0.2) is 4.79 Å². The maximum absolute atomic E-state index is 12.6. The highest BCUT2D eigenvalue weighted by Gasteiger charge is 2.27. The van der Waals surface area contributed by atoms with Gasteiger partial charge >= 0.3 is 5.97 Å². The van der Waals surface area contributed by atoms with Crippen LogP contribution in [-0.4, -0.2) is 23.1 Å². The first kappa shape index (κ1) is 23.3. The first-order valence-corrected chi connectivity index (χ1v) is 11.8. The fraction of sp³-hybridized carbons (Fsp3) is 0.440. The molecule has 1 atom stereocenters. The Morgan fingerprint density at radius 2 is 1.97 bits per heavy atom. The third kappa shape index (κ3) is 6.82. The molecular formula is C25H30BrNO4. The van der Waals surface area contributed by atoms with E-state index in [-0.39, 0.29) is 23.6 Å². The normalized spacial score (nSPS) is 23.7. The lowest BCUT2D eigenvalue weighted by molar-refractivity contribution is -0.135. The van der Waals surface area contributed by atoms with Crippen molar-refractivity contribution < 1.29 is 19.4 Å². The highest BCUT2D eigenvalue weighted by Crippen LogP contribution is 2.32. The lowest BCUT2D eigenvalue weighted by Crippen LogP contribution is -2.35. The third-order valence-corrected chi connectivity index (χ3v) is 6.57. The van der Waals surface area contributed by atoms with E-state index < -0.39 is 5.97 Å². The molecule has 1 aromatic carbocycles. The molecule has 0 radical (unpaired) electrons. The lowest BCUT2D eigenvalue weighted by atomic mass is 9.79. The van der Waals surface area contributed by atoms with Crippen molar-refractivity contribution in [2.24, 2.45) is 11.8 Å². The molecule has 5 nitrogen and oxygen atoms in total. The Labute approximate surface area is 192 Å². The summed E-state index contributed by atoms with van der Waals surface area (Å²) in [7, 11) is 0. The molecule has 0 saturated heterocycles. The number of para-hydroxylation sites is 1. The molecule has 0 aliphatic heterocycles. The number of allylic oxidation sites excluding steroid dienone is 3. The van der Waals surface area contributed by atoms with E-state index >= 15 is 0 Å². The quantitative estimate of drug-likeness (QED) is 0.456. The number of carboxylic acids is 1. The second kappa shape index (κ2) is 11.3. The Kier molecular flexibility index (Phi) is 8.52. The average molecular weight is 488 g/mol. The van der Waals surface area contributed by atoms with Crippen LogP contribution in [0.25, 0.3) is 0 Å². The summed E-state index contributed by atoms with van der Waals surface area (Å²) in [4.78, 5) is 24.3. The zero-order valence-corrected chi connectivity index (χ0v) is 19.4. The largest absolute Gasteiger partial charge is 0.485 e. The van der Waals surface area contributed by atoms with Crippen LogP contribution < -0.4 is 10.1 Å². The second-order valence-electron chi connectivity index (χ2n) is 8.24. The van der Waals surface area contributed by atoms with Crippen molar-refractivity contribution in [2.75, 3.05) is 0 Å². The number of ether oxygens (including phenoxy) is 1. The first-order valence-electron chi connectivity index (χ1n) is 11.0. The Hall–Kier alpha value is -2.34. The molecule has 2 aliphatic carbocycles. The first-order chi connectivity index (χ1) is 15.0. The van der Waals surface area contributed by atoms with Crippen LogP contribution in [0.3, 0.4) is 0 Å². The Balaban J connectivity index is 1.57. The minimum absolute atomic E-state index is 0.0817. The van der Waals surface area contributed by atoms with Gasteiger partial charge in [-0.15, -0.1) is 0 Å². The molecule has 1 unspecified atom stereocenters. The number of hydrogen-bond donors (Lipinski definition) is 2. The lowest BCUT2D eigenvalue weighted by Gasteiger charge is -2.27. The number of hydrogen-bond acceptors (Lipinski definition) is 3. The highest BCUT2D eigenvalue weighted by molar-refractivity contribution is 9.10. The maximum Gasteiger partial charge on any atom is 0.352 e. The van der Waals surface area contributed by atoms with Crippen LogP contribution in [0, 0.1) is 11.8 Å². The van der Waals surface area contributed by atoms with Gasteiger partial charge in [-0.2, -0.15) is 0 Å². The van der Waals surface area contributed by atoms with Crippen LogP contribution in [0.1, 0.15) is 51.9 Å². The summed E-state index contributed by atoms with van der Waals surface area (Å²) in [6.07, 6.45) is 13.8. The smallest absolute Gasteiger partial charge is 0.352 e. The summed E-state index contributed by atoms with van der Waals surface area (Å²) >= 11 is 3.47. The molecule has 1 saturated carbocycles. The molecule has 3 rings (SSSR count). The molecule has 2 N–H and O–H groups in total. The summed E-state index contributed by atoms with van der Waals surface area (Å²) < 4.78 is 6.86. The van der Waals surface area contributed by atoms with E-state index in [9.17, 15) is 14.7 Å². The van der Waals surface area contributed by atoms with Crippen molar-refractivity contribution in [3.8, 4) is 5.75 Å². The minimum atomic E-state index is -1.13. The summed E-state index contributed by atoms with van der Waals surface area (Å²) in [6, 6.07) is 7.65. The van der Waals surface area contributed by atoms with Gasteiger partial charge in [0.15, 0.2) is 0 Å². The van der Waals surface area contributed by atoms with Crippen molar-refractivity contribution in [3.05, 3.63) is 64.3 Å². The predicted molar refractivity (Wildman–Crippen MR) is 125 cm³/mol. The van der Waals surface area contributed by atoms with Gasteiger partial charge in [-0.3, -0.25) is 4.79 Å². The fourth-order valence-electron chi connectivity index (χ4n) is 4.19. The monoisotopic (exact) mass is 487 g/mol. The summed E-state index contributed by atoms with van der Waals surface area (Å²) in [5, 5.41) is 12.2. The van der Waals surface area contributed by atoms with E-state index in [1.807, 2.05) is 42.5 Å². The van der Waals surface area contributed by atoms with Crippen LogP contribution in [0.5, 0.6) is 5.75 Å². The fourth-order valence-corrected chi connectivity index (χ4v) is 4.57. The van der Waals surface area contributed by atoms with Crippen molar-refractivity contribution in [2.45, 2.75) is 58.0 Å². The van der Waals surface area contributed by atoms with E-state index in [1.54, 1.807) is 0 Å². The maximum atomic E-state index is 12.6. The molecule has 1 fully saturated rings. The molecule has 31 heavy (non-hydrogen) atoms. The number of benzene rings is 1. The van der Waals surface area contributed by atoms with E-state index in [1.165, 1.54) is 18.9 Å². The number of amides is 1. The van der Waals surface area contributed by atoms with Gasteiger partial charge in [-0.1, -0.05) is 44.1 Å². The molecule has 6 heteroatoms. The number of nitrogens with one attached hydrogen (secondary N) is 1. The average Bonchev–Trinajstić information content (AvgIpc) is 2.76. The number of carboxylic acid groups (broad SMARTS) is 1. The molecule has 0 bridgehead atoms. The van der Waals surface area contributed by atoms with Gasteiger partial charge in [0, 0.05) is 12.3 Å². The van der Waals surface area contributed by atoms with Gasteiger partial charge in [0.25, 0.3) is 0 Å². The molecule has 1 amide bonds. The van der Waals surface area contributed by atoms with Gasteiger partial charge in [0.05, 0.1) is 4.47 Å². The van der Waals surface area contributed by atoms with Crippen LogP contribution >= 0.6 is 15.9 Å². The van der Waals surface area contributed by atoms with Crippen LogP contribution in [0.4, 0.5) is 0 Å². The van der Waals surface area contributed by atoms with E-state index in [0.717, 1.165) is 41.5 Å². The summed E-state index contributed by atoms with van der Waals surface area (Å²) in [5.41, 5.74) is 0.665. The molecule has 2 aliphatic rings. The predicted octanol–water partition coefficient (Wildman–Crippen LogP) is 5.77. The Morgan fingerprint density at radius 3 is 2.58 bits per heavy atom. The van der Waals surface area contributed by atoms with Crippen molar-refractivity contribution in [1.82, 2.24) is 5.32 Å². The minimum Gasteiger partial charge on any atom is -0.485 e. The Morgan fingerprint density at radius 1 is 1.23 bits per heavy atom. The number of halogens is 1. The third-order valence-electron chi connectivity index (χ3n) is 5.92. The van der Waals surface area contributed by atoms with Crippen LogP contribution in [0.15, 0.2) is 64.3 Å². The van der Waals surface area contributed by atoms with E-state index in [2.05, 4.69) is 28.2 Å². The molecular weight excluding hydrogens is 458 g/mol. The molecule has 0 heterocycles. The number of aliphatic carboxylic acids is 1. The van der Waals surface area contributed by atoms with Gasteiger partial charge in [-0.05, 0) is 77.4 Å². The van der Waals surface area contributed by atoms with Crippen molar-refractivity contribution >= 4 is 27.8 Å². The number of rotatable bonds is 8. The van der Waals surface area contributed by atoms with E-state index in [4.69, 9.17) is 4.74 Å². The Bertz CT molecular complexity index is 881. The molecule has 1 aromatic rings. The van der Waals surface area contributed by atoms with Crippen molar-refractivity contribution in [1.29, 1.82) is 0 Å².